The Morgan fingerprint density at radius 1 is 1.72 bits per heavy atom. The molecule has 1 aromatic heterocycles. The summed E-state index contributed by atoms with van der Waals surface area (Å²) in [5.41, 5.74) is 0.836. The Morgan fingerprint density at radius 2 is 2.44 bits per heavy atom. The zero-order chi connectivity index (χ0) is 13.2. The Labute approximate surface area is 114 Å². The Bertz CT molecular complexity index is 406. The number of hydrogen-bond donors (Lipinski definition) is 2. The van der Waals surface area contributed by atoms with Crippen LogP contribution < -0.4 is 5.32 Å². The lowest BCUT2D eigenvalue weighted by Gasteiger charge is -2.32. The van der Waals surface area contributed by atoms with Gasteiger partial charge in [0.1, 0.15) is 11.0 Å². The van der Waals surface area contributed by atoms with Crippen LogP contribution in [0, 0.1) is 5.92 Å². The maximum atomic E-state index is 11.7. The summed E-state index contributed by atoms with van der Waals surface area (Å²) in [5, 5.41) is 20.6. The number of carbonyl (C=O) groups is 1. The number of nitrogens with zero attached hydrogens (tertiary/aromatic N) is 2. The Hall–Kier alpha value is -0.660. The van der Waals surface area contributed by atoms with Crippen molar-refractivity contribution in [1.29, 1.82) is 0 Å². The monoisotopic (exact) mass is 287 g/mol. The van der Waals surface area contributed by atoms with Gasteiger partial charge >= 0.3 is 5.97 Å². The lowest BCUT2D eigenvalue weighted by atomic mass is 9.94. The maximum Gasteiger partial charge on any atom is 0.325 e. The molecular weight excluding hydrogens is 270 g/mol. The Kier molecular flexibility index (Phi) is 4.24. The van der Waals surface area contributed by atoms with E-state index in [9.17, 15) is 9.90 Å². The average molecular weight is 287 g/mol. The number of aliphatic carboxylic acids is 1. The van der Waals surface area contributed by atoms with Gasteiger partial charge < -0.3 is 5.11 Å². The number of thioether (sulfide) groups is 1. The molecule has 1 fully saturated rings. The minimum Gasteiger partial charge on any atom is -0.480 e. The topological polar surface area (TPSA) is 75.1 Å². The maximum absolute atomic E-state index is 11.7. The van der Waals surface area contributed by atoms with Crippen LogP contribution in [-0.2, 0) is 4.79 Å². The third-order valence-electron chi connectivity index (χ3n) is 2.97. The molecule has 2 N–H and O–H groups in total. The second-order valence-corrected chi connectivity index (χ2v) is 6.90. The highest BCUT2D eigenvalue weighted by Crippen LogP contribution is 2.43. The quantitative estimate of drug-likeness (QED) is 0.746. The molecule has 1 aliphatic rings. The minimum atomic E-state index is -0.829. The van der Waals surface area contributed by atoms with Gasteiger partial charge in [-0.15, -0.1) is 10.2 Å². The van der Waals surface area contributed by atoms with Gasteiger partial charge in [0.25, 0.3) is 0 Å². The van der Waals surface area contributed by atoms with Crippen molar-refractivity contribution in [2.45, 2.75) is 42.6 Å². The number of rotatable bonds is 7. The smallest absolute Gasteiger partial charge is 0.325 e. The van der Waals surface area contributed by atoms with Crippen molar-refractivity contribution in [3.63, 3.8) is 0 Å². The van der Waals surface area contributed by atoms with Gasteiger partial charge in [0.15, 0.2) is 4.34 Å². The first kappa shape index (κ1) is 13.8. The molecule has 1 saturated carbocycles. The summed E-state index contributed by atoms with van der Waals surface area (Å²) in [4.78, 5) is 11.7. The molecule has 0 bridgehead atoms. The fourth-order valence-corrected chi connectivity index (χ4v) is 3.82. The van der Waals surface area contributed by atoms with Crippen LogP contribution in [-0.4, -0.2) is 38.6 Å². The predicted molar refractivity (Wildman–Crippen MR) is 72.0 cm³/mol. The van der Waals surface area contributed by atoms with E-state index in [1.54, 1.807) is 5.51 Å². The molecule has 0 spiro atoms. The van der Waals surface area contributed by atoms with Crippen LogP contribution in [0.4, 0.5) is 0 Å². The molecule has 1 heterocycles. The van der Waals surface area contributed by atoms with Gasteiger partial charge in [0.2, 0.25) is 0 Å². The molecule has 1 aliphatic carbocycles. The molecule has 1 atom stereocenters. The van der Waals surface area contributed by atoms with Crippen LogP contribution >= 0.6 is 23.1 Å². The van der Waals surface area contributed by atoms with Crippen LogP contribution in [0.25, 0.3) is 0 Å². The van der Waals surface area contributed by atoms with E-state index in [0.717, 1.165) is 17.2 Å². The summed E-state index contributed by atoms with van der Waals surface area (Å²) in [6, 6.07) is 0.150. The van der Waals surface area contributed by atoms with Gasteiger partial charge in [-0.05, 0) is 32.6 Å². The van der Waals surface area contributed by atoms with Gasteiger partial charge in [-0.3, -0.25) is 10.1 Å². The molecule has 100 valence electrons. The standard InChI is InChI=1S/C11H17N3O2S2/c1-7(2)13-11(9(15)16,8-3-4-8)5-17-10-14-12-6-18-10/h6-8,13H,3-5H2,1-2H3,(H,15,16). The molecule has 1 unspecified atom stereocenters. The summed E-state index contributed by atoms with van der Waals surface area (Å²) in [6.45, 7) is 3.96. The Morgan fingerprint density at radius 3 is 2.89 bits per heavy atom. The van der Waals surface area contributed by atoms with E-state index in [-0.39, 0.29) is 12.0 Å². The molecule has 0 aromatic carbocycles. The van der Waals surface area contributed by atoms with E-state index in [4.69, 9.17) is 0 Å². The fourth-order valence-electron chi connectivity index (χ4n) is 2.07. The zero-order valence-corrected chi connectivity index (χ0v) is 12.1. The van der Waals surface area contributed by atoms with E-state index < -0.39 is 11.5 Å². The minimum absolute atomic E-state index is 0.150. The average Bonchev–Trinajstić information content (AvgIpc) is 3.01. The highest BCUT2D eigenvalue weighted by atomic mass is 32.2. The van der Waals surface area contributed by atoms with Gasteiger partial charge in [-0.1, -0.05) is 23.1 Å². The van der Waals surface area contributed by atoms with E-state index in [0.29, 0.717) is 5.75 Å². The summed E-state index contributed by atoms with van der Waals surface area (Å²) < 4.78 is 0.826. The summed E-state index contributed by atoms with van der Waals surface area (Å²) in [7, 11) is 0. The van der Waals surface area contributed by atoms with Crippen molar-refractivity contribution >= 4 is 29.1 Å². The number of aromatic nitrogens is 2. The Balaban J connectivity index is 2.10. The van der Waals surface area contributed by atoms with Crippen LogP contribution in [0.2, 0.25) is 0 Å². The third kappa shape index (κ3) is 3.02. The van der Waals surface area contributed by atoms with Crippen molar-refractivity contribution in [3.05, 3.63) is 5.51 Å². The molecular formula is C11H17N3O2S2. The highest BCUT2D eigenvalue weighted by molar-refractivity contribution is 8.01. The van der Waals surface area contributed by atoms with Gasteiger partial charge in [0, 0.05) is 11.8 Å². The van der Waals surface area contributed by atoms with Crippen LogP contribution in [0.1, 0.15) is 26.7 Å². The lowest BCUT2D eigenvalue weighted by molar-refractivity contribution is -0.145. The van der Waals surface area contributed by atoms with Gasteiger partial charge in [0.05, 0.1) is 0 Å². The molecule has 2 rings (SSSR count). The summed E-state index contributed by atoms with van der Waals surface area (Å²) in [5.74, 6) is -0.0195. The van der Waals surface area contributed by atoms with Crippen molar-refractivity contribution in [2.24, 2.45) is 5.92 Å². The number of carboxylic acids is 1. The summed E-state index contributed by atoms with van der Waals surface area (Å²) >= 11 is 2.92. The number of hydrogen-bond acceptors (Lipinski definition) is 6. The molecule has 0 radical (unpaired) electrons. The van der Waals surface area contributed by atoms with Crippen LogP contribution in [0.5, 0.6) is 0 Å². The van der Waals surface area contributed by atoms with Crippen molar-refractivity contribution in [2.75, 3.05) is 5.75 Å². The SMILES string of the molecule is CC(C)NC(CSc1nncs1)(C(=O)O)C1CC1. The second-order valence-electron chi connectivity index (χ2n) is 4.84. The third-order valence-corrected chi connectivity index (χ3v) is 5.02. The number of nitrogens with one attached hydrogen (secondary N) is 1. The van der Waals surface area contributed by atoms with Crippen molar-refractivity contribution in [1.82, 2.24) is 15.5 Å². The van der Waals surface area contributed by atoms with E-state index in [2.05, 4.69) is 15.5 Å². The predicted octanol–water partition coefficient (Wildman–Crippen LogP) is 1.86. The van der Waals surface area contributed by atoms with Crippen molar-refractivity contribution in [3.8, 4) is 0 Å². The first-order valence-electron chi connectivity index (χ1n) is 5.94. The highest BCUT2D eigenvalue weighted by Gasteiger charge is 2.51. The normalized spacial score (nSPS) is 18.8. The van der Waals surface area contributed by atoms with E-state index in [1.807, 2.05) is 13.8 Å². The second kappa shape index (κ2) is 5.54. The molecule has 0 saturated heterocycles. The number of carboxylic acid groups (broad SMARTS) is 1. The summed E-state index contributed by atoms with van der Waals surface area (Å²) in [6.07, 6.45) is 1.98. The van der Waals surface area contributed by atoms with E-state index >= 15 is 0 Å². The van der Waals surface area contributed by atoms with Crippen LogP contribution in [0.15, 0.2) is 9.85 Å². The first-order chi connectivity index (χ1) is 8.54. The molecule has 5 nitrogen and oxygen atoms in total. The zero-order valence-electron chi connectivity index (χ0n) is 10.4. The fraction of sp³-hybridized carbons (Fsp3) is 0.727. The largest absolute Gasteiger partial charge is 0.480 e. The molecule has 0 amide bonds. The first-order valence-corrected chi connectivity index (χ1v) is 7.81. The molecule has 18 heavy (non-hydrogen) atoms. The van der Waals surface area contributed by atoms with Gasteiger partial charge in [-0.2, -0.15) is 0 Å². The van der Waals surface area contributed by atoms with E-state index in [1.165, 1.54) is 23.1 Å². The van der Waals surface area contributed by atoms with Crippen molar-refractivity contribution < 1.29 is 9.90 Å². The van der Waals surface area contributed by atoms with Gasteiger partial charge in [-0.25, -0.2) is 0 Å². The lowest BCUT2D eigenvalue weighted by Crippen LogP contribution is -2.58. The molecule has 1 aromatic rings. The molecule has 7 heteroatoms. The van der Waals surface area contributed by atoms with Crippen LogP contribution in [0.3, 0.4) is 0 Å². The molecule has 0 aliphatic heterocycles.